The van der Waals surface area contributed by atoms with Gasteiger partial charge in [-0.05, 0) is 6.07 Å². The lowest BCUT2D eigenvalue weighted by atomic mass is 10.1. The molecule has 0 atom stereocenters. The molecule has 0 aliphatic carbocycles. The van der Waals surface area contributed by atoms with E-state index in [-0.39, 0.29) is 18.8 Å². The molecular weight excluding hydrogens is 215 g/mol. The molecule has 0 heterocycles. The second-order valence-electron chi connectivity index (χ2n) is 3.34. The minimum absolute atomic E-state index is 0.0990. The molecule has 0 saturated heterocycles. The van der Waals surface area contributed by atoms with Crippen molar-refractivity contribution in [2.24, 2.45) is 0 Å². The lowest BCUT2D eigenvalue weighted by Gasteiger charge is -2.20. The summed E-state index contributed by atoms with van der Waals surface area (Å²) < 4.78 is 13.4. The minimum Gasteiger partial charge on any atom is -0.478 e. The summed E-state index contributed by atoms with van der Waals surface area (Å²) in [4.78, 5) is 12.2. The first kappa shape index (κ1) is 12.3. The molecule has 0 bridgehead atoms. The lowest BCUT2D eigenvalue weighted by Crippen LogP contribution is -2.22. The van der Waals surface area contributed by atoms with E-state index in [9.17, 15) is 9.18 Å². The molecule has 0 spiro atoms. The highest BCUT2D eigenvalue weighted by Crippen LogP contribution is 2.25. The number of halogens is 1. The summed E-state index contributed by atoms with van der Waals surface area (Å²) in [6.45, 7) is 0.189. The molecule has 1 rings (SSSR count). The number of anilines is 2. The number of nitrogens with zero attached hydrogens (tertiary/aromatic N) is 1. The Morgan fingerprint density at radius 3 is 2.69 bits per heavy atom. The fourth-order valence-corrected chi connectivity index (χ4v) is 1.34. The third-order valence-electron chi connectivity index (χ3n) is 2.19. The van der Waals surface area contributed by atoms with Crippen molar-refractivity contribution in [1.29, 1.82) is 0 Å². The standard InChI is InChI=1S/C10H13FN2O3/c1-13(2-3-14)9-5-7(11)6(10(15)16)4-8(9)12/h4-5,14H,2-3,12H2,1H3,(H,15,16). The monoisotopic (exact) mass is 228 g/mol. The van der Waals surface area contributed by atoms with E-state index in [1.165, 1.54) is 0 Å². The number of carboxylic acid groups (broad SMARTS) is 1. The van der Waals surface area contributed by atoms with Crippen LogP contribution in [0.1, 0.15) is 10.4 Å². The second-order valence-corrected chi connectivity index (χ2v) is 3.34. The number of carbonyl (C=O) groups is 1. The Balaban J connectivity index is 3.15. The number of aromatic carboxylic acids is 1. The van der Waals surface area contributed by atoms with Crippen LogP contribution in [0.5, 0.6) is 0 Å². The average molecular weight is 228 g/mol. The maximum absolute atomic E-state index is 13.4. The molecule has 0 fully saturated rings. The number of nitrogen functional groups attached to an aromatic ring is 1. The zero-order valence-electron chi connectivity index (χ0n) is 8.77. The van der Waals surface area contributed by atoms with Gasteiger partial charge < -0.3 is 20.8 Å². The first-order valence-electron chi connectivity index (χ1n) is 4.61. The van der Waals surface area contributed by atoms with Crippen LogP contribution in [0.3, 0.4) is 0 Å². The van der Waals surface area contributed by atoms with Crippen molar-refractivity contribution in [1.82, 2.24) is 0 Å². The Labute approximate surface area is 91.9 Å². The van der Waals surface area contributed by atoms with Crippen molar-refractivity contribution >= 4 is 17.3 Å². The maximum Gasteiger partial charge on any atom is 0.338 e. The predicted molar refractivity (Wildman–Crippen MR) is 58.1 cm³/mol. The summed E-state index contributed by atoms with van der Waals surface area (Å²) in [6.07, 6.45) is 0. The molecule has 4 N–H and O–H groups in total. The van der Waals surface area contributed by atoms with Gasteiger partial charge in [0, 0.05) is 19.7 Å². The molecule has 1 aromatic rings. The van der Waals surface area contributed by atoms with E-state index in [0.29, 0.717) is 5.69 Å². The highest BCUT2D eigenvalue weighted by molar-refractivity contribution is 5.90. The number of aliphatic hydroxyl groups is 1. The van der Waals surface area contributed by atoms with Gasteiger partial charge in [-0.2, -0.15) is 0 Å². The van der Waals surface area contributed by atoms with Gasteiger partial charge in [-0.3, -0.25) is 0 Å². The molecule has 0 radical (unpaired) electrons. The lowest BCUT2D eigenvalue weighted by molar-refractivity contribution is 0.0692. The van der Waals surface area contributed by atoms with E-state index < -0.39 is 17.3 Å². The number of carboxylic acids is 1. The third kappa shape index (κ3) is 2.40. The van der Waals surface area contributed by atoms with Gasteiger partial charge in [-0.15, -0.1) is 0 Å². The number of hydrogen-bond donors (Lipinski definition) is 3. The van der Waals surface area contributed by atoms with E-state index >= 15 is 0 Å². The molecule has 0 aliphatic rings. The van der Waals surface area contributed by atoms with Crippen LogP contribution in [0, 0.1) is 5.82 Å². The summed E-state index contributed by atoms with van der Waals surface area (Å²) >= 11 is 0. The largest absolute Gasteiger partial charge is 0.478 e. The van der Waals surface area contributed by atoms with Crippen molar-refractivity contribution in [3.63, 3.8) is 0 Å². The number of nitrogens with two attached hydrogens (primary N) is 1. The van der Waals surface area contributed by atoms with Crippen LogP contribution < -0.4 is 10.6 Å². The fraction of sp³-hybridized carbons (Fsp3) is 0.300. The van der Waals surface area contributed by atoms with Crippen LogP contribution in [-0.2, 0) is 0 Å². The molecule has 0 amide bonds. The van der Waals surface area contributed by atoms with Crippen molar-refractivity contribution in [3.8, 4) is 0 Å². The first-order chi connectivity index (χ1) is 7.47. The van der Waals surface area contributed by atoms with E-state index in [1.807, 2.05) is 0 Å². The maximum atomic E-state index is 13.4. The van der Waals surface area contributed by atoms with Gasteiger partial charge in [0.05, 0.1) is 23.5 Å². The van der Waals surface area contributed by atoms with Gasteiger partial charge in [-0.25, -0.2) is 9.18 Å². The normalized spacial score (nSPS) is 10.2. The van der Waals surface area contributed by atoms with Gasteiger partial charge in [0.25, 0.3) is 0 Å². The van der Waals surface area contributed by atoms with Gasteiger partial charge in [-0.1, -0.05) is 0 Å². The molecule has 0 aliphatic heterocycles. The quantitative estimate of drug-likeness (QED) is 0.654. The molecule has 16 heavy (non-hydrogen) atoms. The average Bonchev–Trinajstić information content (AvgIpc) is 2.20. The van der Waals surface area contributed by atoms with Crippen molar-refractivity contribution < 1.29 is 19.4 Å². The van der Waals surface area contributed by atoms with Crippen LogP contribution in [0.15, 0.2) is 12.1 Å². The third-order valence-corrected chi connectivity index (χ3v) is 2.19. The van der Waals surface area contributed by atoms with Gasteiger partial charge in [0.1, 0.15) is 5.82 Å². The van der Waals surface area contributed by atoms with Crippen molar-refractivity contribution in [2.75, 3.05) is 30.8 Å². The highest BCUT2D eigenvalue weighted by atomic mass is 19.1. The SMILES string of the molecule is CN(CCO)c1cc(F)c(C(=O)O)cc1N. The first-order valence-corrected chi connectivity index (χ1v) is 4.61. The van der Waals surface area contributed by atoms with Crippen LogP contribution in [0.4, 0.5) is 15.8 Å². The minimum atomic E-state index is -1.36. The molecule has 0 aromatic heterocycles. The molecule has 1 aromatic carbocycles. The van der Waals surface area contributed by atoms with Crippen LogP contribution in [0.25, 0.3) is 0 Å². The molecule has 0 saturated carbocycles. The van der Waals surface area contributed by atoms with Crippen LogP contribution in [-0.4, -0.2) is 36.4 Å². The zero-order chi connectivity index (χ0) is 12.3. The molecule has 0 unspecified atom stereocenters. The summed E-state index contributed by atoms with van der Waals surface area (Å²) in [5.74, 6) is -2.21. The molecular formula is C10H13FN2O3. The summed E-state index contributed by atoms with van der Waals surface area (Å²) in [5, 5.41) is 17.4. The van der Waals surface area contributed by atoms with Crippen LogP contribution in [0.2, 0.25) is 0 Å². The van der Waals surface area contributed by atoms with Crippen LogP contribution >= 0.6 is 0 Å². The topological polar surface area (TPSA) is 86.8 Å². The van der Waals surface area contributed by atoms with E-state index in [1.54, 1.807) is 11.9 Å². The zero-order valence-corrected chi connectivity index (χ0v) is 8.77. The number of aliphatic hydroxyl groups excluding tert-OH is 1. The predicted octanol–water partition coefficient (Wildman–Crippen LogP) is 0.535. The van der Waals surface area contributed by atoms with Crippen molar-refractivity contribution in [2.45, 2.75) is 0 Å². The Morgan fingerprint density at radius 1 is 1.56 bits per heavy atom. The Bertz CT molecular complexity index is 409. The molecule has 88 valence electrons. The smallest absolute Gasteiger partial charge is 0.338 e. The van der Waals surface area contributed by atoms with Gasteiger partial charge in [0.2, 0.25) is 0 Å². The summed E-state index contributed by atoms with van der Waals surface area (Å²) in [7, 11) is 1.63. The highest BCUT2D eigenvalue weighted by Gasteiger charge is 2.15. The summed E-state index contributed by atoms with van der Waals surface area (Å²) in [6, 6.07) is 2.12. The number of rotatable bonds is 4. The van der Waals surface area contributed by atoms with E-state index in [2.05, 4.69) is 0 Å². The van der Waals surface area contributed by atoms with E-state index in [4.69, 9.17) is 15.9 Å². The number of likely N-dealkylation sites (N-methyl/N-ethyl adjacent to an activating group) is 1. The number of benzene rings is 1. The molecule has 6 heteroatoms. The van der Waals surface area contributed by atoms with Gasteiger partial charge >= 0.3 is 5.97 Å². The Hall–Kier alpha value is -1.82. The van der Waals surface area contributed by atoms with Gasteiger partial charge in [0.15, 0.2) is 0 Å². The summed E-state index contributed by atoms with van der Waals surface area (Å²) in [5.41, 5.74) is 5.67. The Morgan fingerprint density at radius 2 is 2.19 bits per heavy atom. The molecule has 5 nitrogen and oxygen atoms in total. The second kappa shape index (κ2) is 4.80. The van der Waals surface area contributed by atoms with E-state index in [0.717, 1.165) is 12.1 Å². The Kier molecular flexibility index (Phi) is 3.68. The van der Waals surface area contributed by atoms with Crippen molar-refractivity contribution in [3.05, 3.63) is 23.5 Å². The fourth-order valence-electron chi connectivity index (χ4n) is 1.34. The number of hydrogen-bond acceptors (Lipinski definition) is 4.